The van der Waals surface area contributed by atoms with Crippen LogP contribution in [0.25, 0.3) is 0 Å². The van der Waals surface area contributed by atoms with Gasteiger partial charge in [0, 0.05) is 16.3 Å². The summed E-state index contributed by atoms with van der Waals surface area (Å²) < 4.78 is 0.918. The summed E-state index contributed by atoms with van der Waals surface area (Å²) >= 11 is 3.36. The molecule has 0 atom stereocenters. The summed E-state index contributed by atoms with van der Waals surface area (Å²) in [5.41, 5.74) is 4.51. The van der Waals surface area contributed by atoms with Crippen molar-refractivity contribution in [1.82, 2.24) is 0 Å². The molecule has 0 unspecified atom stereocenters. The van der Waals surface area contributed by atoms with Gasteiger partial charge in [0.15, 0.2) is 0 Å². The molecule has 0 aromatic heterocycles. The highest BCUT2D eigenvalue weighted by atomic mass is 79.9. The highest BCUT2D eigenvalue weighted by molar-refractivity contribution is 9.12. The van der Waals surface area contributed by atoms with Crippen LogP contribution in [0.2, 0.25) is 0 Å². The molecule has 0 saturated carbocycles. The van der Waals surface area contributed by atoms with Crippen molar-refractivity contribution in [2.45, 2.75) is 13.8 Å². The lowest BCUT2D eigenvalue weighted by molar-refractivity contribution is 1.45. The van der Waals surface area contributed by atoms with E-state index in [0.717, 1.165) is 15.6 Å². The smallest absolute Gasteiger partial charge is 0.0264 e. The van der Waals surface area contributed by atoms with Gasteiger partial charge in [0.1, 0.15) is 0 Å². The summed E-state index contributed by atoms with van der Waals surface area (Å²) in [6, 6.07) is 0. The molecule has 0 heterocycles. The molecule has 0 saturated heterocycles. The van der Waals surface area contributed by atoms with E-state index in [1.165, 1.54) is 6.21 Å². The molecule has 12 heavy (non-hydrogen) atoms. The number of halogens is 1. The minimum atomic E-state index is 0.855. The molecule has 0 aromatic carbocycles. The molecule has 0 radical (unpaired) electrons. The highest BCUT2D eigenvalue weighted by Gasteiger charge is 1.99. The molecule has 0 spiro atoms. The third-order valence-electron chi connectivity index (χ3n) is 1.40. The number of hydrogen-bond donors (Lipinski definition) is 1. The van der Waals surface area contributed by atoms with Crippen LogP contribution < -0.4 is 0 Å². The molecule has 0 aliphatic rings. The van der Waals surface area contributed by atoms with Crippen molar-refractivity contribution < 1.29 is 0 Å². The normalized spacial score (nSPS) is 13.1. The van der Waals surface area contributed by atoms with Gasteiger partial charge in [-0.2, -0.15) is 0 Å². The van der Waals surface area contributed by atoms with Gasteiger partial charge in [-0.05, 0) is 25.5 Å². The standard InChI is InChI=1S/C10H12BrN/c1-4-6-8(3)9(7-12)10(11)5-2/h5-7,12H,1H2,2-3H3/b9-8-,10-5+,12-7?. The van der Waals surface area contributed by atoms with Crippen molar-refractivity contribution >= 4 is 22.1 Å². The molecule has 2 heteroatoms. The molecule has 0 amide bonds. The Labute approximate surface area is 81.8 Å². The van der Waals surface area contributed by atoms with E-state index in [9.17, 15) is 0 Å². The lowest BCUT2D eigenvalue weighted by atomic mass is 10.1. The Kier molecular flexibility index (Phi) is 5.35. The Morgan fingerprint density at radius 2 is 2.17 bits per heavy atom. The van der Waals surface area contributed by atoms with Crippen LogP contribution in [0.1, 0.15) is 13.8 Å². The van der Waals surface area contributed by atoms with Crippen molar-refractivity contribution in [2.24, 2.45) is 0 Å². The van der Waals surface area contributed by atoms with E-state index >= 15 is 0 Å². The summed E-state index contributed by atoms with van der Waals surface area (Å²) in [4.78, 5) is 0. The quantitative estimate of drug-likeness (QED) is 0.432. The van der Waals surface area contributed by atoms with Gasteiger partial charge in [0.2, 0.25) is 0 Å². The van der Waals surface area contributed by atoms with Gasteiger partial charge < -0.3 is 5.41 Å². The van der Waals surface area contributed by atoms with Gasteiger partial charge in [-0.3, -0.25) is 0 Å². The Bertz CT molecular complexity index is 278. The summed E-state index contributed by atoms with van der Waals surface area (Å²) in [5.74, 6) is 0. The maximum absolute atomic E-state index is 7.18. The van der Waals surface area contributed by atoms with Crippen LogP contribution in [-0.2, 0) is 0 Å². The van der Waals surface area contributed by atoms with E-state index in [2.05, 4.69) is 28.2 Å². The van der Waals surface area contributed by atoms with Gasteiger partial charge in [0.05, 0.1) is 0 Å². The third kappa shape index (κ3) is 3.04. The second-order valence-electron chi connectivity index (χ2n) is 2.23. The van der Waals surface area contributed by atoms with Gasteiger partial charge >= 0.3 is 0 Å². The van der Waals surface area contributed by atoms with Crippen LogP contribution >= 0.6 is 15.9 Å². The average Bonchev–Trinajstić information content (AvgIpc) is 2.06. The third-order valence-corrected chi connectivity index (χ3v) is 2.28. The first kappa shape index (κ1) is 11.2. The lowest BCUT2D eigenvalue weighted by Crippen LogP contribution is -1.87. The Balaban J connectivity index is 5.12. The topological polar surface area (TPSA) is 23.9 Å². The first-order valence-electron chi connectivity index (χ1n) is 3.56. The minimum Gasteiger partial charge on any atom is -0.308 e. The number of nitrogens with one attached hydrogen (secondary N) is 1. The zero-order chi connectivity index (χ0) is 9.56. The number of allylic oxidation sites excluding steroid dienone is 5. The first-order chi connectivity index (χ1) is 5.67. The van der Waals surface area contributed by atoms with Crippen LogP contribution in [0.3, 0.4) is 0 Å². The van der Waals surface area contributed by atoms with E-state index in [0.29, 0.717) is 0 Å². The predicted octanol–water partition coefficient (Wildman–Crippen LogP) is 3.59. The monoisotopic (exact) mass is 225 g/mol. The van der Waals surface area contributed by atoms with Crippen LogP contribution in [-0.4, -0.2) is 6.21 Å². The summed E-state index contributed by atoms with van der Waals surface area (Å²) in [6.45, 7) is 7.31. The van der Waals surface area contributed by atoms with Crippen molar-refractivity contribution in [3.63, 3.8) is 0 Å². The van der Waals surface area contributed by atoms with E-state index in [4.69, 9.17) is 5.41 Å². The SMILES string of the molecule is C=C=C/C(C)=C(C=N)\C(Br)=C/C. The molecule has 64 valence electrons. The van der Waals surface area contributed by atoms with Crippen LogP contribution in [0, 0.1) is 5.41 Å². The van der Waals surface area contributed by atoms with Crippen LogP contribution in [0.15, 0.2) is 40.1 Å². The van der Waals surface area contributed by atoms with Gasteiger partial charge in [-0.15, -0.1) is 5.73 Å². The minimum absolute atomic E-state index is 0.855. The van der Waals surface area contributed by atoms with E-state index in [-0.39, 0.29) is 0 Å². The van der Waals surface area contributed by atoms with E-state index in [1.807, 2.05) is 19.9 Å². The zero-order valence-corrected chi connectivity index (χ0v) is 8.90. The fraction of sp³-hybridized carbons (Fsp3) is 0.200. The van der Waals surface area contributed by atoms with E-state index < -0.39 is 0 Å². The molecule has 0 aliphatic carbocycles. The summed E-state index contributed by atoms with van der Waals surface area (Å²) in [7, 11) is 0. The van der Waals surface area contributed by atoms with Crippen LogP contribution in [0.5, 0.6) is 0 Å². The predicted molar refractivity (Wildman–Crippen MR) is 57.9 cm³/mol. The van der Waals surface area contributed by atoms with E-state index in [1.54, 1.807) is 6.08 Å². The maximum Gasteiger partial charge on any atom is 0.0264 e. The number of rotatable bonds is 3. The number of hydrogen-bond acceptors (Lipinski definition) is 1. The highest BCUT2D eigenvalue weighted by Crippen LogP contribution is 2.19. The molecular formula is C10H12BrN. The average molecular weight is 226 g/mol. The van der Waals surface area contributed by atoms with Crippen molar-refractivity contribution in [3.8, 4) is 0 Å². The first-order valence-corrected chi connectivity index (χ1v) is 4.36. The summed E-state index contributed by atoms with van der Waals surface area (Å²) in [6.07, 6.45) is 4.97. The van der Waals surface area contributed by atoms with Crippen LogP contribution in [0.4, 0.5) is 0 Å². The molecule has 1 N–H and O–H groups in total. The van der Waals surface area contributed by atoms with Crippen molar-refractivity contribution in [3.05, 3.63) is 40.1 Å². The fourth-order valence-corrected chi connectivity index (χ4v) is 1.18. The molecular weight excluding hydrogens is 214 g/mol. The Hall–Kier alpha value is -0.850. The van der Waals surface area contributed by atoms with Gasteiger partial charge in [0.25, 0.3) is 0 Å². The molecule has 0 fully saturated rings. The molecule has 0 rings (SSSR count). The van der Waals surface area contributed by atoms with Gasteiger partial charge in [-0.25, -0.2) is 0 Å². The van der Waals surface area contributed by atoms with Gasteiger partial charge in [-0.1, -0.05) is 28.6 Å². The maximum atomic E-state index is 7.18. The van der Waals surface area contributed by atoms with Crippen molar-refractivity contribution in [1.29, 1.82) is 5.41 Å². The Morgan fingerprint density at radius 1 is 1.58 bits per heavy atom. The molecule has 0 aliphatic heterocycles. The second-order valence-corrected chi connectivity index (χ2v) is 3.08. The van der Waals surface area contributed by atoms with Crippen molar-refractivity contribution in [2.75, 3.05) is 0 Å². The second kappa shape index (κ2) is 5.76. The summed E-state index contributed by atoms with van der Waals surface area (Å²) in [5, 5.41) is 7.18. The fourth-order valence-electron chi connectivity index (χ4n) is 0.757. The lowest BCUT2D eigenvalue weighted by Gasteiger charge is -2.00. The molecule has 0 aromatic rings. The Morgan fingerprint density at radius 3 is 2.50 bits per heavy atom. The zero-order valence-electron chi connectivity index (χ0n) is 7.32. The molecule has 0 bridgehead atoms. The largest absolute Gasteiger partial charge is 0.308 e. The molecule has 1 nitrogen and oxygen atoms in total.